The number of aliphatic carboxylic acids is 3. The van der Waals surface area contributed by atoms with E-state index in [0.717, 1.165) is 56.4 Å². The fourth-order valence-corrected chi connectivity index (χ4v) is 8.73. The third-order valence-corrected chi connectivity index (χ3v) is 12.7. The number of benzene rings is 3. The molecule has 1 unspecified atom stereocenters. The quantitative estimate of drug-likeness (QED) is 0.0741. The van der Waals surface area contributed by atoms with Gasteiger partial charge in [0.25, 0.3) is 0 Å². The van der Waals surface area contributed by atoms with Crippen LogP contribution in [0.3, 0.4) is 0 Å². The molecule has 0 fully saturated rings. The Kier molecular flexibility index (Phi) is 21.2. The number of fused-ring (bicyclic) bond motifs is 3. The number of rotatable bonds is 16. The van der Waals surface area contributed by atoms with Crippen molar-refractivity contribution in [2.24, 2.45) is 0 Å². The Bertz CT molecular complexity index is 2040. The summed E-state index contributed by atoms with van der Waals surface area (Å²) in [5.74, 6) is -2.67. The summed E-state index contributed by atoms with van der Waals surface area (Å²) in [6.45, 7) is 20.2. The summed E-state index contributed by atoms with van der Waals surface area (Å²) in [5.41, 5.74) is 9.94. The first-order valence-electron chi connectivity index (χ1n) is 21.1. The third kappa shape index (κ3) is 13.1. The number of para-hydroxylation sites is 3. The largest absolute Gasteiger partial charge is 1.00 e. The molecule has 3 heterocycles. The van der Waals surface area contributed by atoms with Crippen molar-refractivity contribution in [2.45, 2.75) is 135 Å². The molecule has 0 bridgehead atoms. The molecule has 61 heavy (non-hydrogen) atoms. The Hall–Kier alpha value is -3.25. The number of allylic oxidation sites excluding steroid dienone is 2. The second-order valence-corrected chi connectivity index (χ2v) is 17.5. The molecule has 1 N–H and O–H groups in total. The van der Waals surface area contributed by atoms with Gasteiger partial charge in [0.1, 0.15) is 12.8 Å². The van der Waals surface area contributed by atoms with E-state index in [-0.39, 0.29) is 94.6 Å². The minimum Gasteiger partial charge on any atom is -0.550 e. The van der Waals surface area contributed by atoms with Gasteiger partial charge in [-0.3, -0.25) is 9.59 Å². The summed E-state index contributed by atoms with van der Waals surface area (Å²) in [4.78, 5) is 47.0. The van der Waals surface area contributed by atoms with E-state index >= 15 is 0 Å². The SMILES string of the molecule is CC1(C)/C(=C\C=O)N(CCCCC(=O)[O-])c2ccccc21.CC1=[N+](CCCCC(=O)O)c2ccccc2C1(C)C.CC1N(CCCCC(=O)[O-])c2ccccc2C1(C)C.[Na+].[Na+]. The van der Waals surface area contributed by atoms with Gasteiger partial charge in [0, 0.05) is 90.4 Å². The fraction of sp³-hybridized carbons (Fsp3) is 0.490. The molecule has 0 aromatic heterocycles. The van der Waals surface area contributed by atoms with Gasteiger partial charge in [0.2, 0.25) is 5.69 Å². The molecule has 0 amide bonds. The number of carbonyl (C=O) groups is 4. The third-order valence-electron chi connectivity index (χ3n) is 12.7. The van der Waals surface area contributed by atoms with E-state index < -0.39 is 17.9 Å². The van der Waals surface area contributed by atoms with Crippen LogP contribution in [0.4, 0.5) is 17.1 Å². The number of carbonyl (C=O) groups excluding carboxylic acids is 3. The molecule has 0 saturated carbocycles. The van der Waals surface area contributed by atoms with Crippen molar-refractivity contribution in [3.63, 3.8) is 0 Å². The number of unbranched alkanes of at least 4 members (excludes halogenated alkanes) is 3. The second-order valence-electron chi connectivity index (χ2n) is 17.5. The maximum Gasteiger partial charge on any atom is 1.00 e. The summed E-state index contributed by atoms with van der Waals surface area (Å²) in [7, 11) is 0. The van der Waals surface area contributed by atoms with Crippen LogP contribution in [0.5, 0.6) is 0 Å². The number of aldehydes is 1. The van der Waals surface area contributed by atoms with E-state index in [9.17, 15) is 29.4 Å². The number of hydrogen-bond acceptors (Lipinski definition) is 8. The summed E-state index contributed by atoms with van der Waals surface area (Å²) in [5, 5.41) is 29.6. The van der Waals surface area contributed by atoms with Crippen LogP contribution >= 0.6 is 0 Å². The van der Waals surface area contributed by atoms with Gasteiger partial charge < -0.3 is 34.7 Å². The van der Waals surface area contributed by atoms with Crippen LogP contribution in [0.2, 0.25) is 0 Å². The first kappa shape index (κ1) is 53.9. The molecule has 0 radical (unpaired) electrons. The number of carboxylic acid groups (broad SMARTS) is 3. The minimum atomic E-state index is -1.01. The smallest absolute Gasteiger partial charge is 0.550 e. The van der Waals surface area contributed by atoms with Crippen LogP contribution in [-0.4, -0.2) is 65.3 Å². The monoisotopic (exact) mass is 852 g/mol. The molecule has 12 heteroatoms. The Morgan fingerprint density at radius 3 is 1.77 bits per heavy atom. The van der Waals surface area contributed by atoms with Crippen molar-refractivity contribution >= 4 is 47.0 Å². The van der Waals surface area contributed by atoms with Crippen molar-refractivity contribution < 1.29 is 98.2 Å². The molecule has 3 aliphatic rings. The second kappa shape index (κ2) is 24.0. The molecule has 0 spiro atoms. The van der Waals surface area contributed by atoms with Gasteiger partial charge in [-0.1, -0.05) is 82.3 Å². The molecule has 3 aliphatic heterocycles. The maximum atomic E-state index is 11.0. The molecule has 3 aromatic carbocycles. The van der Waals surface area contributed by atoms with E-state index in [2.05, 4.69) is 124 Å². The zero-order valence-electron chi connectivity index (χ0n) is 38.4. The van der Waals surface area contributed by atoms with Crippen molar-refractivity contribution in [3.05, 3.63) is 101 Å². The zero-order chi connectivity index (χ0) is 43.5. The number of hydrogen-bond donors (Lipinski definition) is 1. The van der Waals surface area contributed by atoms with Gasteiger partial charge in [-0.2, -0.15) is 4.58 Å². The Balaban J connectivity index is 0.000000310. The molecule has 6 rings (SSSR count). The van der Waals surface area contributed by atoms with Gasteiger partial charge in [-0.25, -0.2) is 0 Å². The van der Waals surface area contributed by atoms with Crippen LogP contribution in [-0.2, 0) is 35.4 Å². The molecule has 1 atom stereocenters. The predicted octanol–water partition coefficient (Wildman–Crippen LogP) is 1.23. The molecule has 0 aliphatic carbocycles. The average Bonchev–Trinajstić information content (AvgIpc) is 3.62. The van der Waals surface area contributed by atoms with Crippen LogP contribution < -0.4 is 79.1 Å². The fourth-order valence-electron chi connectivity index (χ4n) is 8.73. The number of nitrogens with zero attached hydrogens (tertiary/aromatic N) is 3. The topological polar surface area (TPSA) is 144 Å². The van der Waals surface area contributed by atoms with Crippen LogP contribution in [0.1, 0.15) is 130 Å². The van der Waals surface area contributed by atoms with Crippen molar-refractivity contribution in [1.82, 2.24) is 0 Å². The van der Waals surface area contributed by atoms with Gasteiger partial charge in [0.15, 0.2) is 5.71 Å². The summed E-state index contributed by atoms with van der Waals surface area (Å²) < 4.78 is 2.34. The van der Waals surface area contributed by atoms with Crippen molar-refractivity contribution in [2.75, 3.05) is 29.4 Å². The van der Waals surface area contributed by atoms with Crippen LogP contribution in [0, 0.1) is 0 Å². The van der Waals surface area contributed by atoms with Crippen molar-refractivity contribution in [1.29, 1.82) is 0 Å². The predicted molar refractivity (Wildman–Crippen MR) is 231 cm³/mol. The van der Waals surface area contributed by atoms with Gasteiger partial charge in [-0.15, -0.1) is 0 Å². The van der Waals surface area contributed by atoms with Gasteiger partial charge >= 0.3 is 65.1 Å². The molecule has 3 aromatic rings. The van der Waals surface area contributed by atoms with E-state index in [4.69, 9.17) is 5.11 Å². The molecule has 0 saturated heterocycles. The molecule has 318 valence electrons. The van der Waals surface area contributed by atoms with Gasteiger partial charge in [0.05, 0.1) is 5.41 Å². The van der Waals surface area contributed by atoms with Crippen LogP contribution in [0.25, 0.3) is 0 Å². The summed E-state index contributed by atoms with van der Waals surface area (Å²) in [6, 6.07) is 25.6. The minimum absolute atomic E-state index is 0. The normalized spacial score (nSPS) is 17.6. The molecular weight excluding hydrogens is 789 g/mol. The van der Waals surface area contributed by atoms with Crippen molar-refractivity contribution in [3.8, 4) is 0 Å². The zero-order valence-corrected chi connectivity index (χ0v) is 42.4. The Labute approximate surface area is 408 Å². The van der Waals surface area contributed by atoms with Crippen LogP contribution in [0.15, 0.2) is 84.6 Å². The first-order valence-corrected chi connectivity index (χ1v) is 21.1. The van der Waals surface area contributed by atoms with E-state index in [0.29, 0.717) is 25.4 Å². The average molecular weight is 853 g/mol. The first-order chi connectivity index (χ1) is 27.9. The van der Waals surface area contributed by atoms with E-state index in [1.807, 2.05) is 18.2 Å². The standard InChI is InChI=1S/C17H21NO3.C16H23NO2.C16H21NO2.2Na/c1-17(2)13-7-3-4-8-14(13)18(15(17)10-12-19)11-6-5-9-16(20)21;2*1-12-16(2,3)13-8-4-5-9-14(13)17(12)11-7-6-10-15(18)19;;/h3-4,7-8,10,12H,5-6,9,11H2,1-2H3,(H,20,21);4-5,8-9,12H,6-7,10-11H2,1-3H3,(H,18,19);4-5,8-9H,6-7,10-11H2,1-3H3;;/q;;;2*+1/p-1/b15-10+;;;;. The Morgan fingerprint density at radius 1 is 0.689 bits per heavy atom. The van der Waals surface area contributed by atoms with E-state index in [1.54, 1.807) is 6.08 Å². The number of anilines is 2. The summed E-state index contributed by atoms with van der Waals surface area (Å²) >= 11 is 0. The number of carboxylic acids is 3. The molecular formula is C49H64N3Na2O7+. The Morgan fingerprint density at radius 2 is 1.20 bits per heavy atom. The van der Waals surface area contributed by atoms with Gasteiger partial charge in [-0.05, 0) is 95.1 Å². The summed E-state index contributed by atoms with van der Waals surface area (Å²) in [6.07, 6.45) is 7.48. The maximum absolute atomic E-state index is 11.0. The molecule has 10 nitrogen and oxygen atoms in total. The van der Waals surface area contributed by atoms with E-state index in [1.165, 1.54) is 33.8 Å².